The van der Waals surface area contributed by atoms with Gasteiger partial charge in [-0.3, -0.25) is 4.79 Å². The van der Waals surface area contributed by atoms with Gasteiger partial charge in [0, 0.05) is 38.0 Å². The van der Waals surface area contributed by atoms with Crippen LogP contribution in [0.1, 0.15) is 19.4 Å². The van der Waals surface area contributed by atoms with Crippen molar-refractivity contribution in [2.24, 2.45) is 4.99 Å². The summed E-state index contributed by atoms with van der Waals surface area (Å²) < 4.78 is 5.38. The van der Waals surface area contributed by atoms with Crippen molar-refractivity contribution in [1.82, 2.24) is 5.32 Å². The van der Waals surface area contributed by atoms with Gasteiger partial charge in [-0.25, -0.2) is 4.99 Å². The number of hydrogen-bond acceptors (Lipinski definition) is 8. The van der Waals surface area contributed by atoms with Crippen LogP contribution in [0, 0.1) is 0 Å². The van der Waals surface area contributed by atoms with Crippen LogP contribution >= 0.6 is 11.8 Å². The summed E-state index contributed by atoms with van der Waals surface area (Å²) >= 11 is 1.83. The Bertz CT molecular complexity index is 980. The van der Waals surface area contributed by atoms with Gasteiger partial charge in [-0.15, -0.1) is 0 Å². The second-order valence-corrected chi connectivity index (χ2v) is 8.52. The highest BCUT2D eigenvalue weighted by Crippen LogP contribution is 2.45. The molecule has 2 aromatic rings. The summed E-state index contributed by atoms with van der Waals surface area (Å²) in [6, 6.07) is 11.8. The number of aliphatic imine (C=N–C) groups is 1. The van der Waals surface area contributed by atoms with Crippen molar-refractivity contribution in [2.45, 2.75) is 30.7 Å². The highest BCUT2D eigenvalue weighted by molar-refractivity contribution is 8.00. The lowest BCUT2D eigenvalue weighted by Crippen LogP contribution is -2.30. The van der Waals surface area contributed by atoms with E-state index in [-0.39, 0.29) is 11.3 Å². The fourth-order valence-electron chi connectivity index (χ4n) is 3.50. The van der Waals surface area contributed by atoms with Crippen molar-refractivity contribution in [3.05, 3.63) is 42.0 Å². The first-order valence-electron chi connectivity index (χ1n) is 10.5. The van der Waals surface area contributed by atoms with E-state index in [2.05, 4.69) is 43.7 Å². The topological polar surface area (TPSA) is 98.8 Å². The van der Waals surface area contributed by atoms with Crippen LogP contribution in [-0.2, 0) is 16.1 Å². The number of anilines is 4. The zero-order valence-electron chi connectivity index (χ0n) is 17.7. The molecule has 0 bridgehead atoms. The van der Waals surface area contributed by atoms with Crippen molar-refractivity contribution in [1.29, 1.82) is 0 Å². The normalized spacial score (nSPS) is 16.5. The van der Waals surface area contributed by atoms with Crippen LogP contribution in [-0.4, -0.2) is 43.5 Å². The van der Waals surface area contributed by atoms with E-state index < -0.39 is 0 Å². The van der Waals surface area contributed by atoms with Gasteiger partial charge in [-0.1, -0.05) is 23.9 Å². The van der Waals surface area contributed by atoms with E-state index in [1.54, 1.807) is 0 Å². The average Bonchev–Trinajstić information content (AvgIpc) is 3.17. The van der Waals surface area contributed by atoms with E-state index in [9.17, 15) is 4.79 Å². The minimum absolute atomic E-state index is 0.0961. The van der Waals surface area contributed by atoms with Crippen LogP contribution in [0.2, 0.25) is 0 Å². The number of nitrogens with one attached hydrogen (secondary N) is 5. The molecular weight excluding hydrogens is 412 g/mol. The van der Waals surface area contributed by atoms with Gasteiger partial charge in [0.1, 0.15) is 0 Å². The van der Waals surface area contributed by atoms with Gasteiger partial charge in [-0.05, 0) is 36.8 Å². The number of rotatable bonds is 8. The van der Waals surface area contributed by atoms with Crippen molar-refractivity contribution in [3.63, 3.8) is 0 Å². The molecule has 0 aliphatic carbocycles. The third kappa shape index (κ3) is 5.49. The van der Waals surface area contributed by atoms with Crippen LogP contribution in [0.3, 0.4) is 0 Å². The molecule has 164 valence electrons. The molecule has 9 heteroatoms. The van der Waals surface area contributed by atoms with Crippen molar-refractivity contribution < 1.29 is 9.53 Å². The Morgan fingerprint density at radius 1 is 1.29 bits per heavy atom. The van der Waals surface area contributed by atoms with Crippen LogP contribution in [0.15, 0.2) is 46.3 Å². The Hall–Kier alpha value is -2.75. The minimum atomic E-state index is -0.0961. The second kappa shape index (κ2) is 10.0. The van der Waals surface area contributed by atoms with Gasteiger partial charge < -0.3 is 31.3 Å². The molecule has 2 aliphatic rings. The van der Waals surface area contributed by atoms with Gasteiger partial charge in [0.05, 0.1) is 34.8 Å². The zero-order valence-corrected chi connectivity index (χ0v) is 18.6. The number of benzene rings is 2. The molecule has 0 radical (unpaired) electrons. The first kappa shape index (κ1) is 21.5. The van der Waals surface area contributed by atoms with Crippen LogP contribution in [0.25, 0.3) is 0 Å². The fourth-order valence-corrected chi connectivity index (χ4v) is 4.72. The molecule has 4 rings (SSSR count). The molecule has 0 saturated heterocycles. The molecule has 0 aromatic heterocycles. The van der Waals surface area contributed by atoms with Crippen LogP contribution in [0.4, 0.5) is 22.7 Å². The Morgan fingerprint density at radius 2 is 2.16 bits per heavy atom. The summed E-state index contributed by atoms with van der Waals surface area (Å²) in [5.74, 6) is 0.598. The van der Waals surface area contributed by atoms with Crippen molar-refractivity contribution >= 4 is 46.4 Å². The summed E-state index contributed by atoms with van der Waals surface area (Å²) in [5, 5.41) is 16.9. The average molecular weight is 441 g/mol. The standard InChI is InChI=1S/C22H28N6O2S/c1-3-30-10-9-23-13-19-27-18-8-7-15-12-24-22(28-20(15)21(18)31-19)26-17-6-4-5-16(11-17)25-14(2)29/h4-8,11,19,23,27H,3,9-10,12-13H2,1-2H3,(H,25,29)(H2,24,26,28). The maximum absolute atomic E-state index is 11.3. The first-order valence-corrected chi connectivity index (χ1v) is 11.3. The van der Waals surface area contributed by atoms with Gasteiger partial charge in [0.25, 0.3) is 0 Å². The number of amides is 1. The summed E-state index contributed by atoms with van der Waals surface area (Å²) in [4.78, 5) is 17.2. The molecular formula is C22H28N6O2S. The highest BCUT2D eigenvalue weighted by Gasteiger charge is 2.27. The number of nitrogens with zero attached hydrogens (tertiary/aromatic N) is 1. The molecule has 0 fully saturated rings. The number of ether oxygens (including phenoxy) is 1. The molecule has 1 atom stereocenters. The Morgan fingerprint density at radius 3 is 3.00 bits per heavy atom. The Labute approximate surface area is 186 Å². The summed E-state index contributed by atoms with van der Waals surface area (Å²) in [7, 11) is 0. The molecule has 8 nitrogen and oxygen atoms in total. The summed E-state index contributed by atoms with van der Waals surface area (Å²) in [6.07, 6.45) is 0. The maximum atomic E-state index is 11.3. The predicted molar refractivity (Wildman–Crippen MR) is 128 cm³/mol. The van der Waals surface area contributed by atoms with Gasteiger partial charge in [0.2, 0.25) is 11.9 Å². The third-order valence-corrected chi connectivity index (χ3v) is 6.10. The quantitative estimate of drug-likeness (QED) is 0.401. The molecule has 31 heavy (non-hydrogen) atoms. The molecule has 1 unspecified atom stereocenters. The molecule has 2 heterocycles. The molecule has 5 N–H and O–H groups in total. The fraction of sp³-hybridized carbons (Fsp3) is 0.364. The van der Waals surface area contributed by atoms with Gasteiger partial charge in [-0.2, -0.15) is 0 Å². The van der Waals surface area contributed by atoms with E-state index in [0.717, 1.165) is 49.1 Å². The number of hydrogen-bond donors (Lipinski definition) is 5. The van der Waals surface area contributed by atoms with Gasteiger partial charge >= 0.3 is 0 Å². The maximum Gasteiger partial charge on any atom is 0.221 e. The monoisotopic (exact) mass is 440 g/mol. The van der Waals surface area contributed by atoms with E-state index >= 15 is 0 Å². The number of carbonyl (C=O) groups is 1. The Kier molecular flexibility index (Phi) is 6.96. The van der Waals surface area contributed by atoms with Gasteiger partial charge in [0.15, 0.2) is 0 Å². The van der Waals surface area contributed by atoms with Crippen LogP contribution < -0.4 is 26.6 Å². The summed E-state index contributed by atoms with van der Waals surface area (Å²) in [5.41, 5.74) is 5.02. The second-order valence-electron chi connectivity index (χ2n) is 7.31. The molecule has 0 saturated carbocycles. The van der Waals surface area contributed by atoms with Crippen LogP contribution in [0.5, 0.6) is 0 Å². The van der Waals surface area contributed by atoms with E-state index in [1.807, 2.05) is 43.0 Å². The predicted octanol–water partition coefficient (Wildman–Crippen LogP) is 3.51. The SMILES string of the molecule is CCOCCNCC1Nc2ccc3c(c2S1)NC(Nc1cccc(NC(C)=O)c1)=NC3. The number of carbonyl (C=O) groups excluding carboxylic acids is 1. The third-order valence-electron chi connectivity index (χ3n) is 4.87. The van der Waals surface area contributed by atoms with Crippen molar-refractivity contribution in [2.75, 3.05) is 47.6 Å². The summed E-state index contributed by atoms with van der Waals surface area (Å²) in [6.45, 7) is 7.30. The lowest BCUT2D eigenvalue weighted by molar-refractivity contribution is -0.114. The lowest BCUT2D eigenvalue weighted by Gasteiger charge is -2.21. The highest BCUT2D eigenvalue weighted by atomic mass is 32.2. The van der Waals surface area contributed by atoms with E-state index in [0.29, 0.717) is 12.5 Å². The number of thioether (sulfide) groups is 1. The lowest BCUT2D eigenvalue weighted by atomic mass is 10.1. The van der Waals surface area contributed by atoms with E-state index in [1.165, 1.54) is 17.4 Å². The molecule has 2 aliphatic heterocycles. The Balaban J connectivity index is 1.39. The molecule has 0 spiro atoms. The van der Waals surface area contributed by atoms with E-state index in [4.69, 9.17) is 4.74 Å². The zero-order chi connectivity index (χ0) is 21.6. The minimum Gasteiger partial charge on any atom is -0.380 e. The number of guanidine groups is 1. The number of fused-ring (bicyclic) bond motifs is 3. The largest absolute Gasteiger partial charge is 0.380 e. The smallest absolute Gasteiger partial charge is 0.221 e. The van der Waals surface area contributed by atoms with Crippen molar-refractivity contribution in [3.8, 4) is 0 Å². The molecule has 2 aromatic carbocycles. The molecule has 1 amide bonds. The first-order chi connectivity index (χ1) is 15.1.